The van der Waals surface area contributed by atoms with Crippen molar-refractivity contribution >= 4 is 11.7 Å². The summed E-state index contributed by atoms with van der Waals surface area (Å²) >= 11 is 0. The molecule has 1 amide bonds. The van der Waals surface area contributed by atoms with Crippen molar-refractivity contribution < 1.29 is 9.59 Å². The fourth-order valence-corrected chi connectivity index (χ4v) is 2.58. The molecule has 3 aromatic rings. The van der Waals surface area contributed by atoms with E-state index in [0.717, 1.165) is 11.1 Å². The average Bonchev–Trinajstić information content (AvgIpc) is 3.05. The Morgan fingerprint density at radius 3 is 2.36 bits per heavy atom. The Kier molecular flexibility index (Phi) is 4.75. The Morgan fingerprint density at radius 2 is 1.72 bits per heavy atom. The summed E-state index contributed by atoms with van der Waals surface area (Å²) in [6.45, 7) is 2.33. The van der Waals surface area contributed by atoms with Crippen LogP contribution in [0.4, 0.5) is 0 Å². The van der Waals surface area contributed by atoms with Gasteiger partial charge in [-0.15, -0.1) is 0 Å². The summed E-state index contributed by atoms with van der Waals surface area (Å²) in [5.41, 5.74) is 3.32. The Balaban J connectivity index is 1.81. The van der Waals surface area contributed by atoms with Gasteiger partial charge in [-0.3, -0.25) is 14.3 Å². The lowest BCUT2D eigenvalue weighted by molar-refractivity contribution is 0.0939. The standard InChI is InChI=1S/C20H19N3O2/c1-14-7-9-16(10-8-14)19(24)17-5-3-4-6-18(17)20(25)21-11-15-12-22-23(2)13-15/h3-10,12-13H,11H2,1-2H3,(H,21,25). The monoisotopic (exact) mass is 333 g/mol. The van der Waals surface area contributed by atoms with E-state index in [0.29, 0.717) is 23.2 Å². The van der Waals surface area contributed by atoms with Gasteiger partial charge in [0.2, 0.25) is 0 Å². The highest BCUT2D eigenvalue weighted by atomic mass is 16.2. The Labute approximate surface area is 146 Å². The molecule has 0 radical (unpaired) electrons. The normalized spacial score (nSPS) is 10.5. The van der Waals surface area contributed by atoms with Gasteiger partial charge in [0.05, 0.1) is 11.8 Å². The lowest BCUT2D eigenvalue weighted by atomic mass is 9.97. The third kappa shape index (κ3) is 3.83. The Morgan fingerprint density at radius 1 is 1.04 bits per heavy atom. The summed E-state index contributed by atoms with van der Waals surface area (Å²) in [7, 11) is 1.82. The number of hydrogen-bond acceptors (Lipinski definition) is 3. The first-order valence-electron chi connectivity index (χ1n) is 8.01. The van der Waals surface area contributed by atoms with Crippen molar-refractivity contribution in [2.45, 2.75) is 13.5 Å². The van der Waals surface area contributed by atoms with Crippen molar-refractivity contribution in [1.29, 1.82) is 0 Å². The van der Waals surface area contributed by atoms with E-state index in [1.54, 1.807) is 47.3 Å². The first kappa shape index (κ1) is 16.6. The van der Waals surface area contributed by atoms with Gasteiger partial charge in [0.1, 0.15) is 0 Å². The largest absolute Gasteiger partial charge is 0.348 e. The summed E-state index contributed by atoms with van der Waals surface area (Å²) in [6, 6.07) is 14.2. The molecule has 5 nitrogen and oxygen atoms in total. The molecular weight excluding hydrogens is 314 g/mol. The number of aromatic nitrogens is 2. The lowest BCUT2D eigenvalue weighted by Crippen LogP contribution is -2.25. The molecule has 3 rings (SSSR count). The fraction of sp³-hybridized carbons (Fsp3) is 0.150. The predicted octanol–water partition coefficient (Wildman–Crippen LogP) is 2.89. The number of nitrogens with one attached hydrogen (secondary N) is 1. The molecule has 1 heterocycles. The van der Waals surface area contributed by atoms with Crippen LogP contribution in [0, 0.1) is 6.92 Å². The van der Waals surface area contributed by atoms with E-state index in [2.05, 4.69) is 10.4 Å². The van der Waals surface area contributed by atoms with Crippen LogP contribution in [0.2, 0.25) is 0 Å². The molecule has 0 saturated heterocycles. The molecule has 25 heavy (non-hydrogen) atoms. The minimum absolute atomic E-state index is 0.160. The van der Waals surface area contributed by atoms with Crippen LogP contribution in [-0.4, -0.2) is 21.5 Å². The number of rotatable bonds is 5. The summed E-state index contributed by atoms with van der Waals surface area (Å²) in [6.07, 6.45) is 3.53. The quantitative estimate of drug-likeness (QED) is 0.730. The maximum Gasteiger partial charge on any atom is 0.252 e. The second-order valence-electron chi connectivity index (χ2n) is 5.95. The van der Waals surface area contributed by atoms with E-state index in [-0.39, 0.29) is 11.7 Å². The van der Waals surface area contributed by atoms with E-state index >= 15 is 0 Å². The van der Waals surface area contributed by atoms with Gasteiger partial charge in [-0.05, 0) is 13.0 Å². The van der Waals surface area contributed by atoms with Crippen LogP contribution in [0.25, 0.3) is 0 Å². The molecule has 1 N–H and O–H groups in total. The lowest BCUT2D eigenvalue weighted by Gasteiger charge is -2.09. The molecule has 1 aromatic heterocycles. The summed E-state index contributed by atoms with van der Waals surface area (Å²) in [4.78, 5) is 25.3. The van der Waals surface area contributed by atoms with Crippen LogP contribution < -0.4 is 5.32 Å². The van der Waals surface area contributed by atoms with Crippen LogP contribution >= 0.6 is 0 Å². The first-order chi connectivity index (χ1) is 12.0. The maximum atomic E-state index is 12.8. The van der Waals surface area contributed by atoms with E-state index in [4.69, 9.17) is 0 Å². The van der Waals surface area contributed by atoms with Gasteiger partial charge in [0, 0.05) is 36.5 Å². The molecule has 0 unspecified atom stereocenters. The average molecular weight is 333 g/mol. The number of nitrogens with zero attached hydrogens (tertiary/aromatic N) is 2. The van der Waals surface area contributed by atoms with Crippen molar-refractivity contribution in [3.05, 3.63) is 88.7 Å². The molecule has 0 saturated carbocycles. The fourth-order valence-electron chi connectivity index (χ4n) is 2.58. The van der Waals surface area contributed by atoms with Crippen LogP contribution in [0.15, 0.2) is 60.9 Å². The molecule has 0 aliphatic heterocycles. The number of carbonyl (C=O) groups is 2. The minimum Gasteiger partial charge on any atom is -0.348 e. The first-order valence-corrected chi connectivity index (χ1v) is 8.01. The zero-order valence-electron chi connectivity index (χ0n) is 14.2. The van der Waals surface area contributed by atoms with E-state index in [1.165, 1.54) is 0 Å². The van der Waals surface area contributed by atoms with Gasteiger partial charge in [0.15, 0.2) is 5.78 Å². The molecule has 2 aromatic carbocycles. The highest BCUT2D eigenvalue weighted by molar-refractivity contribution is 6.15. The highest BCUT2D eigenvalue weighted by Crippen LogP contribution is 2.15. The smallest absolute Gasteiger partial charge is 0.252 e. The van der Waals surface area contributed by atoms with E-state index < -0.39 is 0 Å². The Hall–Kier alpha value is -3.21. The summed E-state index contributed by atoms with van der Waals surface area (Å²) in [5.74, 6) is -0.438. The van der Waals surface area contributed by atoms with E-state index in [9.17, 15) is 9.59 Å². The molecule has 0 atom stereocenters. The van der Waals surface area contributed by atoms with Crippen molar-refractivity contribution in [3.8, 4) is 0 Å². The third-order valence-electron chi connectivity index (χ3n) is 3.94. The summed E-state index contributed by atoms with van der Waals surface area (Å²) in [5, 5.41) is 6.91. The molecule has 0 spiro atoms. The summed E-state index contributed by atoms with van der Waals surface area (Å²) < 4.78 is 1.68. The highest BCUT2D eigenvalue weighted by Gasteiger charge is 2.17. The Bertz CT molecular complexity index is 911. The number of hydrogen-bond donors (Lipinski definition) is 1. The van der Waals surface area contributed by atoms with Crippen molar-refractivity contribution in [1.82, 2.24) is 15.1 Å². The topological polar surface area (TPSA) is 64.0 Å². The number of aryl methyl sites for hydroxylation is 2. The van der Waals surface area contributed by atoms with Crippen LogP contribution in [0.3, 0.4) is 0 Å². The number of amides is 1. The molecular formula is C20H19N3O2. The predicted molar refractivity (Wildman–Crippen MR) is 95.4 cm³/mol. The van der Waals surface area contributed by atoms with Crippen LogP contribution in [0.1, 0.15) is 37.4 Å². The number of ketones is 1. The van der Waals surface area contributed by atoms with Crippen molar-refractivity contribution in [2.24, 2.45) is 7.05 Å². The molecule has 5 heteroatoms. The van der Waals surface area contributed by atoms with Crippen molar-refractivity contribution in [2.75, 3.05) is 0 Å². The second-order valence-corrected chi connectivity index (χ2v) is 5.95. The van der Waals surface area contributed by atoms with Crippen LogP contribution in [-0.2, 0) is 13.6 Å². The SMILES string of the molecule is Cc1ccc(C(=O)c2ccccc2C(=O)NCc2cnn(C)c2)cc1. The molecule has 0 aliphatic rings. The molecule has 0 bridgehead atoms. The maximum absolute atomic E-state index is 12.8. The van der Waals surface area contributed by atoms with Gasteiger partial charge in [-0.25, -0.2) is 0 Å². The number of benzene rings is 2. The van der Waals surface area contributed by atoms with Gasteiger partial charge >= 0.3 is 0 Å². The minimum atomic E-state index is -0.278. The molecule has 0 aliphatic carbocycles. The van der Waals surface area contributed by atoms with Crippen LogP contribution in [0.5, 0.6) is 0 Å². The van der Waals surface area contributed by atoms with Crippen molar-refractivity contribution in [3.63, 3.8) is 0 Å². The second kappa shape index (κ2) is 7.13. The zero-order valence-corrected chi connectivity index (χ0v) is 14.2. The van der Waals surface area contributed by atoms with Gasteiger partial charge in [0.25, 0.3) is 5.91 Å². The van der Waals surface area contributed by atoms with E-state index in [1.807, 2.05) is 32.3 Å². The molecule has 0 fully saturated rings. The van der Waals surface area contributed by atoms with Gasteiger partial charge in [-0.1, -0.05) is 48.0 Å². The third-order valence-corrected chi connectivity index (χ3v) is 3.94. The van der Waals surface area contributed by atoms with Gasteiger partial charge < -0.3 is 5.32 Å². The van der Waals surface area contributed by atoms with Gasteiger partial charge in [-0.2, -0.15) is 5.10 Å². The number of carbonyl (C=O) groups excluding carboxylic acids is 2. The zero-order chi connectivity index (χ0) is 17.8. The molecule has 126 valence electrons.